The Morgan fingerprint density at radius 3 is 2.05 bits per heavy atom. The van der Waals surface area contributed by atoms with Crippen LogP contribution in [0, 0.1) is 11.8 Å². The summed E-state index contributed by atoms with van der Waals surface area (Å²) in [5, 5.41) is 2.91. The lowest BCUT2D eigenvalue weighted by Gasteiger charge is -2.40. The molecule has 4 heteroatoms. The number of alkyl carbamates (subject to hydrolysis) is 1. The molecular formula is C15H29NO3. The van der Waals surface area contributed by atoms with Crippen molar-refractivity contribution in [2.75, 3.05) is 0 Å². The first-order valence-electron chi connectivity index (χ1n) is 7.07. The van der Waals surface area contributed by atoms with Gasteiger partial charge in [-0.1, -0.05) is 27.2 Å². The van der Waals surface area contributed by atoms with E-state index in [1.54, 1.807) is 0 Å². The van der Waals surface area contributed by atoms with Crippen LogP contribution < -0.4 is 5.32 Å². The van der Waals surface area contributed by atoms with Crippen molar-refractivity contribution in [3.8, 4) is 0 Å². The zero-order valence-electron chi connectivity index (χ0n) is 13.4. The molecule has 112 valence electrons. The molecule has 0 radical (unpaired) electrons. The predicted molar refractivity (Wildman–Crippen MR) is 77.1 cm³/mol. The van der Waals surface area contributed by atoms with Crippen molar-refractivity contribution in [2.45, 2.75) is 72.4 Å². The lowest BCUT2D eigenvalue weighted by molar-refractivity contribution is -0.114. The van der Waals surface area contributed by atoms with Gasteiger partial charge in [-0.15, -0.1) is 0 Å². The van der Waals surface area contributed by atoms with Crippen molar-refractivity contribution in [2.24, 2.45) is 11.8 Å². The highest BCUT2D eigenvalue weighted by Gasteiger charge is 2.39. The summed E-state index contributed by atoms with van der Waals surface area (Å²) >= 11 is 0. The second-order valence-electron chi connectivity index (χ2n) is 6.37. The second kappa shape index (κ2) is 6.92. The second-order valence-corrected chi connectivity index (χ2v) is 6.37. The molecule has 4 nitrogen and oxygen atoms in total. The third-order valence-corrected chi connectivity index (χ3v) is 3.78. The molecule has 0 saturated carbocycles. The molecule has 1 amide bonds. The molecule has 0 aromatic rings. The molecule has 0 aliphatic rings. The van der Waals surface area contributed by atoms with Gasteiger partial charge in [0.25, 0.3) is 0 Å². The number of carbonyl (C=O) groups is 2. The van der Waals surface area contributed by atoms with Crippen LogP contribution in [0.5, 0.6) is 0 Å². The maximum absolute atomic E-state index is 12.0. The minimum atomic E-state index is -0.576. The molecule has 0 heterocycles. The van der Waals surface area contributed by atoms with Crippen LogP contribution in [0.15, 0.2) is 0 Å². The highest BCUT2D eigenvalue weighted by atomic mass is 16.6. The van der Waals surface area contributed by atoms with E-state index in [2.05, 4.69) is 12.2 Å². The summed E-state index contributed by atoms with van der Waals surface area (Å²) in [5.74, 6) is -0.0230. The Kier molecular flexibility index (Phi) is 6.53. The summed E-state index contributed by atoms with van der Waals surface area (Å²) in [5.41, 5.74) is -1.11. The van der Waals surface area contributed by atoms with Gasteiger partial charge in [0.05, 0.1) is 5.54 Å². The van der Waals surface area contributed by atoms with E-state index in [9.17, 15) is 9.59 Å². The first kappa shape index (κ1) is 17.9. The van der Waals surface area contributed by atoms with Crippen molar-refractivity contribution in [1.29, 1.82) is 0 Å². The van der Waals surface area contributed by atoms with E-state index in [0.717, 1.165) is 12.7 Å². The number of carbonyl (C=O) groups excluding carboxylic acids is 2. The Labute approximate surface area is 117 Å². The summed E-state index contributed by atoms with van der Waals surface area (Å²) < 4.78 is 5.30. The van der Waals surface area contributed by atoms with Gasteiger partial charge in [0.2, 0.25) is 0 Å². The minimum Gasteiger partial charge on any atom is -0.444 e. The van der Waals surface area contributed by atoms with Gasteiger partial charge < -0.3 is 14.8 Å². The van der Waals surface area contributed by atoms with Crippen molar-refractivity contribution < 1.29 is 14.3 Å². The van der Waals surface area contributed by atoms with Gasteiger partial charge in [-0.2, -0.15) is 0 Å². The first-order chi connectivity index (χ1) is 8.60. The third-order valence-electron chi connectivity index (χ3n) is 3.78. The Morgan fingerprint density at radius 1 is 1.21 bits per heavy atom. The van der Waals surface area contributed by atoms with Gasteiger partial charge in [0, 0.05) is 5.92 Å². The molecule has 0 aliphatic heterocycles. The molecular weight excluding hydrogens is 242 g/mol. The molecule has 19 heavy (non-hydrogen) atoms. The van der Waals surface area contributed by atoms with E-state index < -0.39 is 17.2 Å². The SMILES string of the molecule is CCC(C)C(C)(NC(=O)OC(C)(C)C)C(C=O)CC. The van der Waals surface area contributed by atoms with Gasteiger partial charge in [-0.25, -0.2) is 4.79 Å². The van der Waals surface area contributed by atoms with E-state index in [1.807, 2.05) is 41.5 Å². The maximum atomic E-state index is 12.0. The quantitative estimate of drug-likeness (QED) is 0.752. The predicted octanol–water partition coefficient (Wildman–Crippen LogP) is 3.54. The van der Waals surface area contributed by atoms with Crippen LogP contribution in [-0.2, 0) is 9.53 Å². The molecule has 0 fully saturated rings. The van der Waals surface area contributed by atoms with Crippen LogP contribution in [0.2, 0.25) is 0 Å². The van der Waals surface area contributed by atoms with Crippen molar-refractivity contribution in [1.82, 2.24) is 5.32 Å². The highest BCUT2D eigenvalue weighted by molar-refractivity contribution is 5.70. The fourth-order valence-corrected chi connectivity index (χ4v) is 2.19. The fraction of sp³-hybridized carbons (Fsp3) is 0.867. The molecule has 0 spiro atoms. The topological polar surface area (TPSA) is 55.4 Å². The summed E-state index contributed by atoms with van der Waals surface area (Å²) in [6.45, 7) is 13.4. The summed E-state index contributed by atoms with van der Waals surface area (Å²) in [7, 11) is 0. The maximum Gasteiger partial charge on any atom is 0.408 e. The normalized spacial score (nSPS) is 18.1. The molecule has 1 N–H and O–H groups in total. The Balaban J connectivity index is 5.07. The number of hydrogen-bond acceptors (Lipinski definition) is 3. The van der Waals surface area contributed by atoms with Gasteiger partial charge in [-0.3, -0.25) is 0 Å². The standard InChI is InChI=1S/C15H29NO3/c1-8-11(3)15(7,12(9-2)10-17)16-13(18)19-14(4,5)6/h10-12H,8-9H2,1-7H3,(H,16,18). The number of aldehydes is 1. The van der Waals surface area contributed by atoms with E-state index in [-0.39, 0.29) is 11.8 Å². The fourth-order valence-electron chi connectivity index (χ4n) is 2.19. The van der Waals surface area contributed by atoms with E-state index in [0.29, 0.717) is 6.42 Å². The lowest BCUT2D eigenvalue weighted by atomic mass is 9.74. The molecule has 0 aliphatic carbocycles. The number of ether oxygens (including phenoxy) is 1. The van der Waals surface area contributed by atoms with Crippen LogP contribution in [-0.4, -0.2) is 23.5 Å². The average Bonchev–Trinajstić information content (AvgIpc) is 2.26. The van der Waals surface area contributed by atoms with Gasteiger partial charge >= 0.3 is 6.09 Å². The lowest BCUT2D eigenvalue weighted by Crippen LogP contribution is -2.57. The smallest absolute Gasteiger partial charge is 0.408 e. The summed E-state index contributed by atoms with van der Waals surface area (Å²) in [6, 6.07) is 0. The molecule has 3 unspecified atom stereocenters. The average molecular weight is 271 g/mol. The number of amides is 1. The Morgan fingerprint density at radius 2 is 1.74 bits per heavy atom. The zero-order valence-corrected chi connectivity index (χ0v) is 13.4. The molecule has 0 aromatic carbocycles. The highest BCUT2D eigenvalue weighted by Crippen LogP contribution is 2.30. The molecule has 3 atom stereocenters. The van der Waals surface area contributed by atoms with Crippen LogP contribution in [0.1, 0.15) is 61.3 Å². The monoisotopic (exact) mass is 271 g/mol. The van der Waals surface area contributed by atoms with Gasteiger partial charge in [0.1, 0.15) is 11.9 Å². The molecule has 0 saturated heterocycles. The minimum absolute atomic E-state index is 0.190. The summed E-state index contributed by atoms with van der Waals surface area (Å²) in [6.07, 6.45) is 2.05. The molecule has 0 rings (SSSR count). The summed E-state index contributed by atoms with van der Waals surface area (Å²) in [4.78, 5) is 23.3. The van der Waals surface area contributed by atoms with E-state index in [4.69, 9.17) is 4.74 Å². The Bertz CT molecular complexity index is 309. The molecule has 0 aromatic heterocycles. The van der Waals surface area contributed by atoms with Crippen molar-refractivity contribution in [3.05, 3.63) is 0 Å². The van der Waals surface area contributed by atoms with Crippen molar-refractivity contribution in [3.63, 3.8) is 0 Å². The van der Waals surface area contributed by atoms with Crippen LogP contribution in [0.4, 0.5) is 4.79 Å². The van der Waals surface area contributed by atoms with E-state index in [1.165, 1.54) is 0 Å². The number of hydrogen-bond donors (Lipinski definition) is 1. The Hall–Kier alpha value is -1.06. The van der Waals surface area contributed by atoms with Gasteiger partial charge in [-0.05, 0) is 40.0 Å². The number of nitrogens with one attached hydrogen (secondary N) is 1. The van der Waals surface area contributed by atoms with Crippen molar-refractivity contribution >= 4 is 12.4 Å². The first-order valence-corrected chi connectivity index (χ1v) is 7.07. The zero-order chi connectivity index (χ0) is 15.3. The molecule has 0 bridgehead atoms. The number of rotatable bonds is 6. The van der Waals surface area contributed by atoms with Gasteiger partial charge in [0.15, 0.2) is 0 Å². The third kappa shape index (κ3) is 5.21. The van der Waals surface area contributed by atoms with Crippen LogP contribution in [0.3, 0.4) is 0 Å². The largest absolute Gasteiger partial charge is 0.444 e. The van der Waals surface area contributed by atoms with E-state index >= 15 is 0 Å². The van der Waals surface area contributed by atoms with Crippen LogP contribution in [0.25, 0.3) is 0 Å². The van der Waals surface area contributed by atoms with Crippen LogP contribution >= 0.6 is 0 Å².